The van der Waals surface area contributed by atoms with Crippen molar-refractivity contribution >= 4 is 11.4 Å². The molecule has 0 N–H and O–H groups in total. The van der Waals surface area contributed by atoms with Crippen LogP contribution in [-0.2, 0) is 0 Å². The molecule has 0 aromatic heterocycles. The minimum absolute atomic E-state index is 0.614. The molecule has 2 atom stereocenters. The normalized spacial score (nSPS) is 31.5. The minimum atomic E-state index is -2.84. The Morgan fingerprint density at radius 1 is 0.875 bits per heavy atom. The highest BCUT2D eigenvalue weighted by Gasteiger charge is 2.27. The monoisotopic (exact) mass is 336 g/mol. The maximum absolute atomic E-state index is 8.14. The van der Waals surface area contributed by atoms with E-state index in [1.165, 1.54) is 22.2 Å². The highest BCUT2D eigenvalue weighted by Crippen LogP contribution is 2.37. The summed E-state index contributed by atoms with van der Waals surface area (Å²) in [5, 5.41) is 0. The first-order valence-corrected chi connectivity index (χ1v) is 7.94. The molecular weight excluding hydrogens is 296 g/mol. The molecule has 4 heteroatoms. The molecule has 0 radical (unpaired) electrons. The van der Waals surface area contributed by atoms with Crippen molar-refractivity contribution in [2.75, 3.05) is 22.8 Å². The van der Waals surface area contributed by atoms with Gasteiger partial charge in [0.1, 0.15) is 12.3 Å². The van der Waals surface area contributed by atoms with E-state index < -0.39 is 39.0 Å². The molecule has 130 valence electrons. The van der Waals surface area contributed by atoms with Crippen LogP contribution in [0.1, 0.15) is 52.4 Å². The molecule has 2 aliphatic heterocycles. The van der Waals surface area contributed by atoms with Crippen molar-refractivity contribution < 1.29 is 13.7 Å². The lowest BCUT2D eigenvalue weighted by Crippen LogP contribution is -2.37. The van der Waals surface area contributed by atoms with Crippen LogP contribution < -0.4 is 9.80 Å². The van der Waals surface area contributed by atoms with Gasteiger partial charge in [0.15, 0.2) is 0 Å². The van der Waals surface area contributed by atoms with Crippen LogP contribution in [0.25, 0.3) is 0 Å². The van der Waals surface area contributed by atoms with E-state index in [1.807, 2.05) is 26.0 Å². The fourth-order valence-electron chi connectivity index (χ4n) is 3.24. The maximum atomic E-state index is 8.14. The Morgan fingerprint density at radius 2 is 1.33 bits per heavy atom. The highest BCUT2D eigenvalue weighted by molar-refractivity contribution is 5.72. The van der Waals surface area contributed by atoms with Crippen molar-refractivity contribution in [3.63, 3.8) is 0 Å². The molecule has 3 rings (SSSR count). The zero-order valence-electron chi connectivity index (χ0n) is 24.4. The molecule has 0 saturated carbocycles. The summed E-state index contributed by atoms with van der Waals surface area (Å²) < 4.78 is 78.1. The van der Waals surface area contributed by atoms with Gasteiger partial charge in [-0.25, -0.2) is 0 Å². The summed E-state index contributed by atoms with van der Waals surface area (Å²) in [7, 11) is 0. The van der Waals surface area contributed by atoms with Crippen molar-refractivity contribution in [3.8, 4) is 0 Å². The smallest absolute Gasteiger partial charge is 0.102 e. The zero-order valence-corrected chi connectivity index (χ0v) is 14.4. The third-order valence-electron chi connectivity index (χ3n) is 4.70. The van der Waals surface area contributed by atoms with Gasteiger partial charge in [0.2, 0.25) is 0 Å². The van der Waals surface area contributed by atoms with E-state index in [0.717, 1.165) is 22.5 Å². The van der Waals surface area contributed by atoms with Crippen molar-refractivity contribution in [1.29, 1.82) is 0 Å². The molecule has 0 fully saturated rings. The van der Waals surface area contributed by atoms with Gasteiger partial charge in [-0.05, 0) is 64.7 Å². The van der Waals surface area contributed by atoms with Crippen LogP contribution in [0.15, 0.2) is 36.9 Å². The third-order valence-corrected chi connectivity index (χ3v) is 4.70. The molecule has 0 amide bonds. The van der Waals surface area contributed by atoms with Gasteiger partial charge >= 0.3 is 0 Å². The fraction of sp³-hybridized carbons (Fsp3) is 0.500. The molecule has 4 nitrogen and oxygen atoms in total. The van der Waals surface area contributed by atoms with Gasteiger partial charge in [0, 0.05) is 62.9 Å². The summed E-state index contributed by atoms with van der Waals surface area (Å²) in [4.78, 5) is 5.93. The quantitative estimate of drug-likeness (QED) is 0.816. The molecule has 1 aromatic carbocycles. The van der Waals surface area contributed by atoms with E-state index in [2.05, 4.69) is 0 Å². The van der Waals surface area contributed by atoms with Gasteiger partial charge < -0.3 is 19.6 Å². The molecule has 24 heavy (non-hydrogen) atoms. The van der Waals surface area contributed by atoms with Crippen LogP contribution >= 0.6 is 0 Å². The van der Waals surface area contributed by atoms with Gasteiger partial charge in [-0.3, -0.25) is 0 Å². The molecule has 0 spiro atoms. The second kappa shape index (κ2) is 6.42. The van der Waals surface area contributed by atoms with E-state index >= 15 is 0 Å². The maximum Gasteiger partial charge on any atom is 0.102 e. The lowest BCUT2D eigenvalue weighted by atomic mass is 10.1. The predicted molar refractivity (Wildman–Crippen MR) is 103 cm³/mol. The van der Waals surface area contributed by atoms with Crippen LogP contribution in [-0.4, -0.2) is 35.1 Å². The predicted octanol–water partition coefficient (Wildman–Crippen LogP) is 4.22. The average Bonchev–Trinajstić information content (AvgIpc) is 3.25. The summed E-state index contributed by atoms with van der Waals surface area (Å²) in [6, 6.07) is 3.83. The first-order chi connectivity index (χ1) is 15.3. The van der Waals surface area contributed by atoms with E-state index in [1.54, 1.807) is 36.0 Å². The fourth-order valence-corrected chi connectivity index (χ4v) is 3.24. The van der Waals surface area contributed by atoms with Gasteiger partial charge in [0.25, 0.3) is 0 Å². The van der Waals surface area contributed by atoms with E-state index in [9.17, 15) is 0 Å². The van der Waals surface area contributed by atoms with Crippen molar-refractivity contribution in [2.24, 2.45) is 0 Å². The summed E-state index contributed by atoms with van der Waals surface area (Å²) in [6.07, 6.45) is 4.92. The van der Waals surface area contributed by atoms with Crippen molar-refractivity contribution in [1.82, 2.24) is 9.80 Å². The number of benzene rings is 1. The lowest BCUT2D eigenvalue weighted by Gasteiger charge is -2.34. The standard InChI is InChI=1S/C20H30N4/c1-7-21-9-11-23(17(21)5)19-13-15(3)14-20(16(19)4)24-12-10-22(8-2)18(24)6/h9-14,17-18H,7-8H2,1-6H3/t17-,18+/i1D3,2D3,7D2,8D2. The van der Waals surface area contributed by atoms with E-state index in [0.29, 0.717) is 0 Å². The number of nitrogens with zero attached hydrogens (tertiary/aromatic N) is 4. The topological polar surface area (TPSA) is 13.0 Å². The van der Waals surface area contributed by atoms with Crippen LogP contribution in [0, 0.1) is 13.8 Å². The van der Waals surface area contributed by atoms with Crippen molar-refractivity contribution in [2.45, 2.75) is 53.7 Å². The number of anilines is 2. The van der Waals surface area contributed by atoms with Gasteiger partial charge in [0.05, 0.1) is 0 Å². The third kappa shape index (κ3) is 2.64. The Bertz CT molecular complexity index is 923. The van der Waals surface area contributed by atoms with Crippen LogP contribution in [0.3, 0.4) is 0 Å². The SMILES string of the molecule is [2H]C([2H])([2H])C([2H])([2H])N1C=CN(c2cc(C)cc(N3C=CN(C([2H])([2H])C([2H])([2H])[2H])[C@H]3C)c2C)[C@H]1C. The number of aryl methyl sites for hydroxylation is 1. The Labute approximate surface area is 160 Å². The van der Waals surface area contributed by atoms with E-state index in [4.69, 9.17) is 13.7 Å². The molecule has 2 heterocycles. The van der Waals surface area contributed by atoms with Crippen LogP contribution in [0.4, 0.5) is 11.4 Å². The Hall–Kier alpha value is -2.10. The molecule has 0 aliphatic carbocycles. The van der Waals surface area contributed by atoms with Gasteiger partial charge in [-0.2, -0.15) is 0 Å². The van der Waals surface area contributed by atoms with Crippen LogP contribution in [0.5, 0.6) is 0 Å². The molecular formula is C20H30N4. The molecule has 0 unspecified atom stereocenters. The van der Waals surface area contributed by atoms with Crippen molar-refractivity contribution in [3.05, 3.63) is 48.1 Å². The Morgan fingerprint density at radius 3 is 1.75 bits per heavy atom. The molecule has 2 aliphatic rings. The first-order valence-electron chi connectivity index (χ1n) is 12.9. The van der Waals surface area contributed by atoms with Gasteiger partial charge in [-0.15, -0.1) is 0 Å². The van der Waals surface area contributed by atoms with E-state index in [-0.39, 0.29) is 0 Å². The highest BCUT2D eigenvalue weighted by atomic mass is 15.4. The Balaban J connectivity index is 1.96. The molecule has 1 aromatic rings. The Kier molecular flexibility index (Phi) is 2.23. The van der Waals surface area contributed by atoms with Crippen LogP contribution in [0.2, 0.25) is 0 Å². The molecule has 0 bridgehead atoms. The molecule has 0 saturated heterocycles. The number of hydrogen-bond donors (Lipinski definition) is 0. The lowest BCUT2D eigenvalue weighted by molar-refractivity contribution is 0.333. The largest absolute Gasteiger partial charge is 0.356 e. The minimum Gasteiger partial charge on any atom is -0.356 e. The summed E-state index contributed by atoms with van der Waals surface area (Å²) in [5.41, 5.74) is 3.15. The second-order valence-corrected chi connectivity index (χ2v) is 6.14. The summed E-state index contributed by atoms with van der Waals surface area (Å²) >= 11 is 0. The second-order valence-electron chi connectivity index (χ2n) is 6.14. The van der Waals surface area contributed by atoms with Gasteiger partial charge in [-0.1, -0.05) is 0 Å². The average molecular weight is 337 g/mol. The first kappa shape index (κ1) is 8.32. The summed E-state index contributed by atoms with van der Waals surface area (Å²) in [6.45, 7) is -3.61. The zero-order chi connectivity index (χ0) is 26.0. The summed E-state index contributed by atoms with van der Waals surface area (Å²) in [5.74, 6) is 0. The number of hydrogen-bond acceptors (Lipinski definition) is 4. The number of rotatable bonds is 4.